The Balaban J connectivity index is 2.73. The molecular weight excluding hydrogens is 289 g/mol. The van der Waals surface area contributed by atoms with Gasteiger partial charge in [0, 0.05) is 24.7 Å². The standard InChI is InChI=1S/C10H12IN3/c1-13(2)10-12-8-6-7(11)4-5-9(8)14(10)3/h4-6H,1-3H3. The van der Waals surface area contributed by atoms with Crippen LogP contribution in [-0.4, -0.2) is 23.6 Å². The van der Waals surface area contributed by atoms with Gasteiger partial charge in [0.1, 0.15) is 0 Å². The van der Waals surface area contributed by atoms with Gasteiger partial charge in [-0.05, 0) is 40.8 Å². The summed E-state index contributed by atoms with van der Waals surface area (Å²) < 4.78 is 3.32. The fraction of sp³-hybridized carbons (Fsp3) is 0.300. The molecule has 0 radical (unpaired) electrons. The number of aryl methyl sites for hydroxylation is 1. The molecule has 3 nitrogen and oxygen atoms in total. The molecule has 2 aromatic rings. The third-order valence-corrected chi connectivity index (χ3v) is 2.89. The van der Waals surface area contributed by atoms with Crippen LogP contribution in [0.2, 0.25) is 0 Å². The number of hydrogen-bond donors (Lipinski definition) is 0. The van der Waals surface area contributed by atoms with Gasteiger partial charge < -0.3 is 9.47 Å². The van der Waals surface area contributed by atoms with Crippen molar-refractivity contribution in [2.45, 2.75) is 0 Å². The lowest BCUT2D eigenvalue weighted by atomic mass is 10.3. The molecule has 0 aliphatic carbocycles. The first-order valence-corrected chi connectivity index (χ1v) is 5.47. The van der Waals surface area contributed by atoms with Crippen molar-refractivity contribution in [3.8, 4) is 0 Å². The average molecular weight is 301 g/mol. The minimum absolute atomic E-state index is 0.988. The summed E-state index contributed by atoms with van der Waals surface area (Å²) in [7, 11) is 6.05. The Bertz CT molecular complexity index is 473. The second-order valence-electron chi connectivity index (χ2n) is 3.50. The molecule has 0 amide bonds. The van der Waals surface area contributed by atoms with Crippen LogP contribution in [0.15, 0.2) is 18.2 Å². The Kier molecular flexibility index (Phi) is 2.38. The average Bonchev–Trinajstić information content (AvgIpc) is 2.43. The minimum atomic E-state index is 0.988. The van der Waals surface area contributed by atoms with E-state index < -0.39 is 0 Å². The fourth-order valence-electron chi connectivity index (χ4n) is 1.56. The smallest absolute Gasteiger partial charge is 0.205 e. The van der Waals surface area contributed by atoms with Gasteiger partial charge in [0.05, 0.1) is 11.0 Å². The van der Waals surface area contributed by atoms with Crippen LogP contribution in [0.3, 0.4) is 0 Å². The van der Waals surface area contributed by atoms with Crippen molar-refractivity contribution >= 4 is 39.6 Å². The SMILES string of the molecule is CN(C)c1nc2cc(I)ccc2n1C. The Morgan fingerprint density at radius 3 is 2.71 bits per heavy atom. The lowest BCUT2D eigenvalue weighted by Crippen LogP contribution is -2.13. The van der Waals surface area contributed by atoms with Crippen LogP contribution in [-0.2, 0) is 7.05 Å². The van der Waals surface area contributed by atoms with Crippen molar-refractivity contribution in [1.29, 1.82) is 0 Å². The molecule has 14 heavy (non-hydrogen) atoms. The van der Waals surface area contributed by atoms with Crippen LogP contribution in [0.1, 0.15) is 0 Å². The molecular formula is C10H12IN3. The van der Waals surface area contributed by atoms with Crippen LogP contribution >= 0.6 is 22.6 Å². The minimum Gasteiger partial charge on any atom is -0.348 e. The van der Waals surface area contributed by atoms with Crippen LogP contribution in [0, 0.1) is 3.57 Å². The van der Waals surface area contributed by atoms with E-state index in [2.05, 4.69) is 50.3 Å². The first-order valence-electron chi connectivity index (χ1n) is 4.39. The molecule has 1 heterocycles. The highest BCUT2D eigenvalue weighted by molar-refractivity contribution is 14.1. The summed E-state index contributed by atoms with van der Waals surface area (Å²) in [6.07, 6.45) is 0. The van der Waals surface area contributed by atoms with Gasteiger partial charge in [0.15, 0.2) is 0 Å². The van der Waals surface area contributed by atoms with Gasteiger partial charge in [-0.1, -0.05) is 0 Å². The predicted octanol–water partition coefficient (Wildman–Crippen LogP) is 2.24. The van der Waals surface area contributed by atoms with Crippen LogP contribution < -0.4 is 4.90 Å². The van der Waals surface area contributed by atoms with E-state index in [1.807, 2.05) is 26.0 Å². The van der Waals surface area contributed by atoms with E-state index in [-0.39, 0.29) is 0 Å². The van der Waals surface area contributed by atoms with Crippen LogP contribution in [0.5, 0.6) is 0 Å². The van der Waals surface area contributed by atoms with Crippen molar-refractivity contribution in [3.05, 3.63) is 21.8 Å². The number of fused-ring (bicyclic) bond motifs is 1. The summed E-state index contributed by atoms with van der Waals surface area (Å²) in [6.45, 7) is 0. The molecule has 1 aromatic carbocycles. The second kappa shape index (κ2) is 3.42. The Labute approximate surface area is 96.9 Å². The van der Waals surface area contributed by atoms with E-state index in [1.54, 1.807) is 0 Å². The maximum absolute atomic E-state index is 4.56. The number of rotatable bonds is 1. The molecule has 0 N–H and O–H groups in total. The van der Waals surface area contributed by atoms with Gasteiger partial charge >= 0.3 is 0 Å². The molecule has 0 spiro atoms. The van der Waals surface area contributed by atoms with E-state index in [0.29, 0.717) is 0 Å². The van der Waals surface area contributed by atoms with Crippen molar-refractivity contribution in [3.63, 3.8) is 0 Å². The van der Waals surface area contributed by atoms with E-state index in [0.717, 1.165) is 11.5 Å². The Hall–Kier alpha value is -0.780. The van der Waals surface area contributed by atoms with E-state index >= 15 is 0 Å². The summed E-state index contributed by atoms with van der Waals surface area (Å²) in [5, 5.41) is 0. The number of nitrogens with zero attached hydrogens (tertiary/aromatic N) is 3. The summed E-state index contributed by atoms with van der Waals surface area (Å²) in [5.41, 5.74) is 2.23. The van der Waals surface area contributed by atoms with Crippen LogP contribution in [0.4, 0.5) is 5.95 Å². The van der Waals surface area contributed by atoms with Gasteiger partial charge in [-0.2, -0.15) is 0 Å². The van der Waals surface area contributed by atoms with Gasteiger partial charge in [-0.3, -0.25) is 0 Å². The number of hydrogen-bond acceptors (Lipinski definition) is 2. The third kappa shape index (κ3) is 1.47. The molecule has 2 rings (SSSR count). The van der Waals surface area contributed by atoms with Crippen molar-refractivity contribution < 1.29 is 0 Å². The quantitative estimate of drug-likeness (QED) is 0.753. The van der Waals surface area contributed by atoms with E-state index in [1.165, 1.54) is 9.09 Å². The van der Waals surface area contributed by atoms with Crippen molar-refractivity contribution in [2.24, 2.45) is 7.05 Å². The van der Waals surface area contributed by atoms with Gasteiger partial charge in [0.25, 0.3) is 0 Å². The van der Waals surface area contributed by atoms with Crippen molar-refractivity contribution in [1.82, 2.24) is 9.55 Å². The normalized spacial score (nSPS) is 10.9. The predicted molar refractivity (Wildman–Crippen MR) is 67.8 cm³/mol. The third-order valence-electron chi connectivity index (χ3n) is 2.22. The molecule has 4 heteroatoms. The number of anilines is 1. The van der Waals surface area contributed by atoms with E-state index in [4.69, 9.17) is 0 Å². The number of halogens is 1. The monoisotopic (exact) mass is 301 g/mol. The van der Waals surface area contributed by atoms with Crippen LogP contribution in [0.25, 0.3) is 11.0 Å². The van der Waals surface area contributed by atoms with Gasteiger partial charge in [-0.15, -0.1) is 0 Å². The molecule has 0 aliphatic rings. The number of benzene rings is 1. The summed E-state index contributed by atoms with van der Waals surface area (Å²) in [6, 6.07) is 6.31. The summed E-state index contributed by atoms with van der Waals surface area (Å²) in [4.78, 5) is 6.58. The largest absolute Gasteiger partial charge is 0.348 e. The highest BCUT2D eigenvalue weighted by Crippen LogP contribution is 2.21. The summed E-state index contributed by atoms with van der Waals surface area (Å²) >= 11 is 2.30. The number of aromatic nitrogens is 2. The zero-order chi connectivity index (χ0) is 10.3. The summed E-state index contributed by atoms with van der Waals surface area (Å²) in [5.74, 6) is 0.988. The highest BCUT2D eigenvalue weighted by Gasteiger charge is 2.08. The zero-order valence-corrected chi connectivity index (χ0v) is 10.6. The molecule has 0 unspecified atom stereocenters. The first kappa shape index (κ1) is 9.76. The maximum Gasteiger partial charge on any atom is 0.205 e. The molecule has 0 saturated heterocycles. The zero-order valence-electron chi connectivity index (χ0n) is 8.45. The second-order valence-corrected chi connectivity index (χ2v) is 4.74. The Morgan fingerprint density at radius 2 is 2.07 bits per heavy atom. The fourth-order valence-corrected chi connectivity index (χ4v) is 2.03. The molecule has 0 saturated carbocycles. The molecule has 0 bridgehead atoms. The highest BCUT2D eigenvalue weighted by atomic mass is 127. The topological polar surface area (TPSA) is 21.1 Å². The molecule has 0 fully saturated rings. The van der Waals surface area contributed by atoms with E-state index in [9.17, 15) is 0 Å². The van der Waals surface area contributed by atoms with Crippen molar-refractivity contribution in [2.75, 3.05) is 19.0 Å². The lowest BCUT2D eigenvalue weighted by Gasteiger charge is -2.10. The maximum atomic E-state index is 4.56. The van der Waals surface area contributed by atoms with Gasteiger partial charge in [-0.25, -0.2) is 4.98 Å². The van der Waals surface area contributed by atoms with Gasteiger partial charge in [0.2, 0.25) is 5.95 Å². The molecule has 74 valence electrons. The Morgan fingerprint density at radius 1 is 1.36 bits per heavy atom. The molecule has 0 aliphatic heterocycles. The lowest BCUT2D eigenvalue weighted by molar-refractivity contribution is 0.890. The molecule has 1 aromatic heterocycles. The first-order chi connectivity index (χ1) is 6.59. The molecule has 0 atom stereocenters. The number of imidazole rings is 1.